The summed E-state index contributed by atoms with van der Waals surface area (Å²) in [6, 6.07) is 2.09. The van der Waals surface area contributed by atoms with Crippen LogP contribution in [0.25, 0.3) is 0 Å². The third-order valence-corrected chi connectivity index (χ3v) is 5.11. The summed E-state index contributed by atoms with van der Waals surface area (Å²) >= 11 is 1.69. The fourth-order valence-corrected chi connectivity index (χ4v) is 3.55. The van der Waals surface area contributed by atoms with Crippen molar-refractivity contribution in [3.05, 3.63) is 34.0 Å². The van der Waals surface area contributed by atoms with Gasteiger partial charge in [0.15, 0.2) is 0 Å². The molecule has 0 atom stereocenters. The Balaban J connectivity index is 1.59. The lowest BCUT2D eigenvalue weighted by Crippen LogP contribution is -2.35. The van der Waals surface area contributed by atoms with Crippen LogP contribution in [-0.2, 0) is 6.54 Å². The molecule has 130 valence electrons. The Bertz CT molecular complexity index is 693. The van der Waals surface area contributed by atoms with Crippen LogP contribution in [0, 0.1) is 6.92 Å². The van der Waals surface area contributed by atoms with Gasteiger partial charge in [0.2, 0.25) is 0 Å². The first-order valence-electron chi connectivity index (χ1n) is 8.50. The molecule has 0 aromatic carbocycles. The van der Waals surface area contributed by atoms with E-state index in [0.29, 0.717) is 5.69 Å². The summed E-state index contributed by atoms with van der Waals surface area (Å²) in [7, 11) is 0. The minimum Gasteiger partial charge on any atom is -0.336 e. The van der Waals surface area contributed by atoms with Crippen molar-refractivity contribution in [2.24, 2.45) is 0 Å². The van der Waals surface area contributed by atoms with Crippen LogP contribution in [-0.4, -0.2) is 56.7 Å². The maximum absolute atomic E-state index is 12.7. The normalized spacial score (nSPS) is 16.6. The SMILES string of the molecule is Cc1nc(CN2CCCN(C(=O)c3ccn(C(C)C)n3)CC2)cs1. The Labute approximate surface area is 147 Å². The average Bonchev–Trinajstić information content (AvgIpc) is 3.12. The first kappa shape index (κ1) is 17.1. The molecule has 0 unspecified atom stereocenters. The molecule has 1 aliphatic rings. The van der Waals surface area contributed by atoms with Gasteiger partial charge in [-0.2, -0.15) is 5.10 Å². The number of hydrogen-bond acceptors (Lipinski definition) is 5. The average molecular weight is 347 g/mol. The summed E-state index contributed by atoms with van der Waals surface area (Å²) in [6.07, 6.45) is 2.87. The Morgan fingerprint density at radius 2 is 2.12 bits per heavy atom. The van der Waals surface area contributed by atoms with E-state index in [1.54, 1.807) is 11.3 Å². The van der Waals surface area contributed by atoms with Crippen molar-refractivity contribution in [2.45, 2.75) is 39.8 Å². The van der Waals surface area contributed by atoms with E-state index >= 15 is 0 Å². The smallest absolute Gasteiger partial charge is 0.274 e. The van der Waals surface area contributed by atoms with E-state index < -0.39 is 0 Å². The molecule has 1 fully saturated rings. The molecule has 1 amide bonds. The molecule has 0 radical (unpaired) electrons. The second kappa shape index (κ2) is 7.44. The molecular formula is C17H25N5OS. The topological polar surface area (TPSA) is 54.3 Å². The molecule has 0 bridgehead atoms. The van der Waals surface area contributed by atoms with Gasteiger partial charge in [0.1, 0.15) is 5.69 Å². The first-order chi connectivity index (χ1) is 11.5. The van der Waals surface area contributed by atoms with Gasteiger partial charge >= 0.3 is 0 Å². The van der Waals surface area contributed by atoms with Crippen LogP contribution in [0.1, 0.15) is 47.5 Å². The highest BCUT2D eigenvalue weighted by Gasteiger charge is 2.22. The van der Waals surface area contributed by atoms with Crippen molar-refractivity contribution >= 4 is 17.2 Å². The zero-order valence-electron chi connectivity index (χ0n) is 14.6. The fraction of sp³-hybridized carbons (Fsp3) is 0.588. The molecule has 24 heavy (non-hydrogen) atoms. The van der Waals surface area contributed by atoms with Crippen molar-refractivity contribution in [1.29, 1.82) is 0 Å². The zero-order valence-corrected chi connectivity index (χ0v) is 15.4. The number of rotatable bonds is 4. The first-order valence-corrected chi connectivity index (χ1v) is 9.38. The number of aromatic nitrogens is 3. The lowest BCUT2D eigenvalue weighted by Gasteiger charge is -2.20. The molecule has 0 N–H and O–H groups in total. The van der Waals surface area contributed by atoms with Gasteiger partial charge in [0.05, 0.1) is 10.7 Å². The summed E-state index contributed by atoms with van der Waals surface area (Å²) in [4.78, 5) is 21.5. The molecule has 0 spiro atoms. The lowest BCUT2D eigenvalue weighted by atomic mass is 10.3. The Morgan fingerprint density at radius 1 is 1.29 bits per heavy atom. The summed E-state index contributed by atoms with van der Waals surface area (Å²) in [5, 5.41) is 7.64. The van der Waals surface area contributed by atoms with Crippen LogP contribution in [0.3, 0.4) is 0 Å². The van der Waals surface area contributed by atoms with Crippen LogP contribution >= 0.6 is 11.3 Å². The van der Waals surface area contributed by atoms with Crippen LogP contribution in [0.5, 0.6) is 0 Å². The van der Waals surface area contributed by atoms with E-state index in [9.17, 15) is 4.79 Å². The van der Waals surface area contributed by atoms with Crippen molar-refractivity contribution in [2.75, 3.05) is 26.2 Å². The van der Waals surface area contributed by atoms with Gasteiger partial charge in [-0.1, -0.05) is 0 Å². The molecule has 0 aliphatic carbocycles. The molecule has 3 rings (SSSR count). The van der Waals surface area contributed by atoms with Gasteiger partial charge < -0.3 is 4.90 Å². The van der Waals surface area contributed by atoms with Gasteiger partial charge in [-0.3, -0.25) is 14.4 Å². The van der Waals surface area contributed by atoms with Crippen LogP contribution < -0.4 is 0 Å². The highest BCUT2D eigenvalue weighted by Crippen LogP contribution is 2.14. The van der Waals surface area contributed by atoms with Gasteiger partial charge in [0, 0.05) is 50.3 Å². The maximum atomic E-state index is 12.7. The molecular weight excluding hydrogens is 322 g/mol. The molecule has 1 aliphatic heterocycles. The lowest BCUT2D eigenvalue weighted by molar-refractivity contribution is 0.0754. The van der Waals surface area contributed by atoms with Crippen molar-refractivity contribution in [3.8, 4) is 0 Å². The summed E-state index contributed by atoms with van der Waals surface area (Å²) in [5.74, 6) is 0.0424. The second-order valence-corrected chi connectivity index (χ2v) is 7.62. The second-order valence-electron chi connectivity index (χ2n) is 6.55. The molecule has 2 aromatic heterocycles. The van der Waals surface area contributed by atoms with E-state index in [-0.39, 0.29) is 11.9 Å². The third-order valence-electron chi connectivity index (χ3n) is 4.28. The van der Waals surface area contributed by atoms with Crippen LogP contribution in [0.4, 0.5) is 0 Å². The highest BCUT2D eigenvalue weighted by atomic mass is 32.1. The van der Waals surface area contributed by atoms with Gasteiger partial charge in [-0.15, -0.1) is 11.3 Å². The molecule has 3 heterocycles. The largest absolute Gasteiger partial charge is 0.336 e. The number of thiazole rings is 1. The Morgan fingerprint density at radius 3 is 2.79 bits per heavy atom. The monoisotopic (exact) mass is 347 g/mol. The summed E-state index contributed by atoms with van der Waals surface area (Å²) < 4.78 is 1.84. The summed E-state index contributed by atoms with van der Waals surface area (Å²) in [6.45, 7) is 10.4. The molecule has 7 heteroatoms. The Kier molecular flexibility index (Phi) is 5.30. The third kappa shape index (κ3) is 4.02. The number of amides is 1. The minimum absolute atomic E-state index is 0.0424. The molecule has 0 saturated carbocycles. The molecule has 6 nitrogen and oxygen atoms in total. The fourth-order valence-electron chi connectivity index (χ4n) is 2.94. The highest BCUT2D eigenvalue weighted by molar-refractivity contribution is 7.09. The number of carbonyl (C=O) groups excluding carboxylic acids is 1. The standard InChI is InChI=1S/C17H25N5OS/c1-13(2)22-8-5-16(19-22)17(23)21-7-4-6-20(9-10-21)11-15-12-24-14(3)18-15/h5,8,12-13H,4,6-7,9-11H2,1-3H3. The van der Waals surface area contributed by atoms with Crippen LogP contribution in [0.15, 0.2) is 17.6 Å². The quantitative estimate of drug-likeness (QED) is 0.853. The minimum atomic E-state index is 0.0424. The molecule has 2 aromatic rings. The zero-order chi connectivity index (χ0) is 17.1. The van der Waals surface area contributed by atoms with Crippen molar-refractivity contribution in [3.63, 3.8) is 0 Å². The maximum Gasteiger partial charge on any atom is 0.274 e. The number of nitrogens with zero attached hydrogens (tertiary/aromatic N) is 5. The van der Waals surface area contributed by atoms with E-state index in [1.807, 2.05) is 28.8 Å². The van der Waals surface area contributed by atoms with E-state index in [0.717, 1.165) is 49.8 Å². The van der Waals surface area contributed by atoms with Crippen molar-refractivity contribution in [1.82, 2.24) is 24.6 Å². The van der Waals surface area contributed by atoms with Gasteiger partial charge in [-0.05, 0) is 33.3 Å². The van der Waals surface area contributed by atoms with Gasteiger partial charge in [-0.25, -0.2) is 4.98 Å². The van der Waals surface area contributed by atoms with Crippen molar-refractivity contribution < 1.29 is 4.79 Å². The van der Waals surface area contributed by atoms with E-state index in [1.165, 1.54) is 0 Å². The Hall–Kier alpha value is -1.73. The predicted molar refractivity (Wildman–Crippen MR) is 95.3 cm³/mol. The number of carbonyl (C=O) groups is 1. The number of aryl methyl sites for hydroxylation is 1. The van der Waals surface area contributed by atoms with E-state index in [4.69, 9.17) is 0 Å². The predicted octanol–water partition coefficient (Wildman–Crippen LogP) is 2.58. The van der Waals surface area contributed by atoms with E-state index in [2.05, 4.69) is 34.2 Å². The van der Waals surface area contributed by atoms with Gasteiger partial charge in [0.25, 0.3) is 5.91 Å². The number of hydrogen-bond donors (Lipinski definition) is 0. The summed E-state index contributed by atoms with van der Waals surface area (Å²) in [5.41, 5.74) is 1.68. The molecule has 1 saturated heterocycles. The van der Waals surface area contributed by atoms with Crippen LogP contribution in [0.2, 0.25) is 0 Å².